The van der Waals surface area contributed by atoms with Gasteiger partial charge in [-0.15, -0.1) is 11.3 Å². The van der Waals surface area contributed by atoms with Crippen molar-refractivity contribution in [1.29, 1.82) is 0 Å². The summed E-state index contributed by atoms with van der Waals surface area (Å²) in [5, 5.41) is 3.32. The van der Waals surface area contributed by atoms with Gasteiger partial charge >= 0.3 is 0 Å². The van der Waals surface area contributed by atoms with Crippen LogP contribution in [0.15, 0.2) is 30.6 Å². The molecule has 16 heavy (non-hydrogen) atoms. The van der Waals surface area contributed by atoms with Gasteiger partial charge in [-0.3, -0.25) is 4.98 Å². The number of nitrogens with two attached hydrogens (primary N) is 1. The fourth-order valence-electron chi connectivity index (χ4n) is 1.42. The van der Waals surface area contributed by atoms with Crippen molar-refractivity contribution in [3.63, 3.8) is 0 Å². The summed E-state index contributed by atoms with van der Waals surface area (Å²) in [7, 11) is 0. The fraction of sp³-hybridized carbons (Fsp3) is 0.182. The molecule has 0 aliphatic heterocycles. The summed E-state index contributed by atoms with van der Waals surface area (Å²) in [6.07, 6.45) is 3.37. The van der Waals surface area contributed by atoms with Crippen LogP contribution in [0.1, 0.15) is 17.8 Å². The molecular formula is C11H12ClN3S. The molecule has 0 spiro atoms. The van der Waals surface area contributed by atoms with Gasteiger partial charge in [0.15, 0.2) is 0 Å². The summed E-state index contributed by atoms with van der Waals surface area (Å²) in [6.45, 7) is 2.07. The number of hydrogen-bond acceptors (Lipinski definition) is 4. The second-order valence-electron chi connectivity index (χ2n) is 3.51. The Morgan fingerprint density at radius 2 is 2.25 bits per heavy atom. The molecule has 0 saturated carbocycles. The summed E-state index contributed by atoms with van der Waals surface area (Å²) < 4.78 is 0.800. The SMILES string of the molecule is CC(Nc1cncc(N)c1)c1ccc(Cl)s1. The maximum atomic E-state index is 5.89. The van der Waals surface area contributed by atoms with Crippen LogP contribution in [0.2, 0.25) is 4.34 Å². The summed E-state index contributed by atoms with van der Waals surface area (Å²) in [6, 6.07) is 5.97. The van der Waals surface area contributed by atoms with Gasteiger partial charge in [0.1, 0.15) is 0 Å². The molecule has 2 aromatic rings. The van der Waals surface area contributed by atoms with E-state index in [9.17, 15) is 0 Å². The molecule has 3 nitrogen and oxygen atoms in total. The quantitative estimate of drug-likeness (QED) is 0.880. The molecule has 1 atom stereocenters. The third kappa shape index (κ3) is 2.65. The summed E-state index contributed by atoms with van der Waals surface area (Å²) in [5.41, 5.74) is 7.22. The number of thiophene rings is 1. The van der Waals surface area contributed by atoms with Gasteiger partial charge in [-0.1, -0.05) is 11.6 Å². The minimum Gasteiger partial charge on any atom is -0.397 e. The summed E-state index contributed by atoms with van der Waals surface area (Å²) in [5.74, 6) is 0. The van der Waals surface area contributed by atoms with Crippen LogP contribution in [-0.2, 0) is 0 Å². The van der Waals surface area contributed by atoms with Crippen molar-refractivity contribution in [1.82, 2.24) is 4.98 Å². The van der Waals surface area contributed by atoms with E-state index < -0.39 is 0 Å². The van der Waals surface area contributed by atoms with Crippen molar-refractivity contribution in [2.24, 2.45) is 0 Å². The molecule has 1 unspecified atom stereocenters. The number of nitrogens with one attached hydrogen (secondary N) is 1. The van der Waals surface area contributed by atoms with Gasteiger partial charge in [-0.05, 0) is 25.1 Å². The van der Waals surface area contributed by atoms with Crippen LogP contribution >= 0.6 is 22.9 Å². The normalized spacial score (nSPS) is 12.4. The Labute approximate surface area is 103 Å². The number of anilines is 2. The Morgan fingerprint density at radius 3 is 2.88 bits per heavy atom. The molecule has 0 bridgehead atoms. The van der Waals surface area contributed by atoms with Gasteiger partial charge in [-0.25, -0.2) is 0 Å². The van der Waals surface area contributed by atoms with E-state index >= 15 is 0 Å². The van der Waals surface area contributed by atoms with Crippen LogP contribution in [0.4, 0.5) is 11.4 Å². The molecule has 0 aromatic carbocycles. The summed E-state index contributed by atoms with van der Waals surface area (Å²) >= 11 is 7.46. The molecule has 2 rings (SSSR count). The van der Waals surface area contributed by atoms with Crippen LogP contribution < -0.4 is 11.1 Å². The Morgan fingerprint density at radius 1 is 1.44 bits per heavy atom. The molecule has 0 radical (unpaired) electrons. The number of hydrogen-bond donors (Lipinski definition) is 2. The minimum absolute atomic E-state index is 0.195. The number of nitrogens with zero attached hydrogens (tertiary/aromatic N) is 1. The van der Waals surface area contributed by atoms with E-state index in [1.54, 1.807) is 23.7 Å². The average molecular weight is 254 g/mol. The fourth-order valence-corrected chi connectivity index (χ4v) is 2.48. The molecule has 3 N–H and O–H groups in total. The molecular weight excluding hydrogens is 242 g/mol. The first kappa shape index (κ1) is 11.2. The predicted molar refractivity (Wildman–Crippen MR) is 70.0 cm³/mol. The molecule has 0 amide bonds. The third-order valence-corrected chi connectivity index (χ3v) is 3.58. The van der Waals surface area contributed by atoms with E-state index in [1.165, 1.54) is 4.88 Å². The zero-order chi connectivity index (χ0) is 11.5. The van der Waals surface area contributed by atoms with Crippen molar-refractivity contribution in [3.8, 4) is 0 Å². The van der Waals surface area contributed by atoms with Crippen molar-refractivity contribution in [2.45, 2.75) is 13.0 Å². The molecule has 84 valence electrons. The van der Waals surface area contributed by atoms with Crippen molar-refractivity contribution in [3.05, 3.63) is 39.8 Å². The molecule has 0 fully saturated rings. The lowest BCUT2D eigenvalue weighted by Crippen LogP contribution is -2.05. The minimum atomic E-state index is 0.195. The zero-order valence-corrected chi connectivity index (χ0v) is 10.3. The second-order valence-corrected chi connectivity index (χ2v) is 5.26. The first-order valence-electron chi connectivity index (χ1n) is 4.87. The van der Waals surface area contributed by atoms with Crippen molar-refractivity contribution < 1.29 is 0 Å². The standard InChI is InChI=1S/C11H12ClN3S/c1-7(10-2-3-11(12)16-10)15-9-4-8(13)5-14-6-9/h2-7,15H,13H2,1H3. The molecule has 2 heterocycles. The predicted octanol–water partition coefficient (Wildman–Crippen LogP) is 3.55. The Hall–Kier alpha value is -1.26. The lowest BCUT2D eigenvalue weighted by Gasteiger charge is -2.13. The number of halogens is 1. The highest BCUT2D eigenvalue weighted by atomic mass is 35.5. The van der Waals surface area contributed by atoms with Gasteiger partial charge < -0.3 is 11.1 Å². The van der Waals surface area contributed by atoms with E-state index in [0.717, 1.165) is 10.0 Å². The number of pyridine rings is 1. The Kier molecular flexibility index (Phi) is 3.31. The maximum Gasteiger partial charge on any atom is 0.0932 e. The largest absolute Gasteiger partial charge is 0.397 e. The van der Waals surface area contributed by atoms with Crippen LogP contribution in [0.3, 0.4) is 0 Å². The molecule has 5 heteroatoms. The van der Waals surface area contributed by atoms with Crippen LogP contribution in [0.25, 0.3) is 0 Å². The highest BCUT2D eigenvalue weighted by Gasteiger charge is 2.08. The van der Waals surface area contributed by atoms with E-state index in [1.807, 2.05) is 18.2 Å². The Balaban J connectivity index is 2.10. The van der Waals surface area contributed by atoms with Crippen LogP contribution in [0.5, 0.6) is 0 Å². The van der Waals surface area contributed by atoms with Crippen LogP contribution in [-0.4, -0.2) is 4.98 Å². The lowest BCUT2D eigenvalue weighted by atomic mass is 10.2. The van der Waals surface area contributed by atoms with E-state index in [0.29, 0.717) is 5.69 Å². The third-order valence-electron chi connectivity index (χ3n) is 2.16. The summed E-state index contributed by atoms with van der Waals surface area (Å²) in [4.78, 5) is 5.21. The van der Waals surface area contributed by atoms with E-state index in [-0.39, 0.29) is 6.04 Å². The molecule has 0 saturated heterocycles. The smallest absolute Gasteiger partial charge is 0.0932 e. The van der Waals surface area contributed by atoms with E-state index in [2.05, 4.69) is 17.2 Å². The highest BCUT2D eigenvalue weighted by molar-refractivity contribution is 7.16. The highest BCUT2D eigenvalue weighted by Crippen LogP contribution is 2.28. The van der Waals surface area contributed by atoms with Gasteiger partial charge in [0.2, 0.25) is 0 Å². The van der Waals surface area contributed by atoms with Gasteiger partial charge in [-0.2, -0.15) is 0 Å². The number of nitrogen functional groups attached to an aromatic ring is 1. The van der Waals surface area contributed by atoms with Crippen molar-refractivity contribution >= 4 is 34.3 Å². The number of rotatable bonds is 3. The first-order valence-corrected chi connectivity index (χ1v) is 6.07. The Bertz CT molecular complexity index is 484. The van der Waals surface area contributed by atoms with Crippen molar-refractivity contribution in [2.75, 3.05) is 11.1 Å². The molecule has 0 aliphatic carbocycles. The van der Waals surface area contributed by atoms with E-state index in [4.69, 9.17) is 17.3 Å². The lowest BCUT2D eigenvalue weighted by molar-refractivity contribution is 0.906. The van der Waals surface area contributed by atoms with Crippen LogP contribution in [0, 0.1) is 0 Å². The molecule has 0 aliphatic rings. The molecule has 2 aromatic heterocycles. The first-order chi connectivity index (χ1) is 7.65. The second kappa shape index (κ2) is 4.72. The maximum absolute atomic E-state index is 5.89. The number of aromatic nitrogens is 1. The monoisotopic (exact) mass is 253 g/mol. The topological polar surface area (TPSA) is 50.9 Å². The van der Waals surface area contributed by atoms with Gasteiger partial charge in [0.05, 0.1) is 27.9 Å². The van der Waals surface area contributed by atoms with Gasteiger partial charge in [0, 0.05) is 11.1 Å². The zero-order valence-electron chi connectivity index (χ0n) is 8.77. The van der Waals surface area contributed by atoms with Gasteiger partial charge in [0.25, 0.3) is 0 Å². The average Bonchev–Trinajstić information content (AvgIpc) is 2.65.